The first kappa shape index (κ1) is 69.9. The Morgan fingerprint density at radius 2 is 0.786 bits per heavy atom. The van der Waals surface area contributed by atoms with E-state index in [9.17, 15) is 29.4 Å². The van der Waals surface area contributed by atoms with Crippen molar-refractivity contribution in [1.29, 1.82) is 0 Å². The molecule has 2 atom stereocenters. The van der Waals surface area contributed by atoms with Gasteiger partial charge in [-0.05, 0) is 45.9 Å². The Bertz CT molecular complexity index is 2650. The van der Waals surface area contributed by atoms with Crippen LogP contribution in [0.5, 0.6) is 0 Å². The number of thiazole rings is 2. The second-order valence-corrected chi connectivity index (χ2v) is 29.0. The number of carboxylic acids is 2. The van der Waals surface area contributed by atoms with Crippen LogP contribution in [-0.4, -0.2) is 90.1 Å². The lowest BCUT2D eigenvalue weighted by atomic mass is 9.72. The molecule has 0 aliphatic heterocycles. The van der Waals surface area contributed by atoms with Crippen LogP contribution < -0.4 is 0 Å². The van der Waals surface area contributed by atoms with Crippen molar-refractivity contribution in [3.8, 4) is 0 Å². The van der Waals surface area contributed by atoms with E-state index < -0.39 is 23.8 Å². The van der Waals surface area contributed by atoms with E-state index in [1.165, 1.54) is 86.9 Å². The highest BCUT2D eigenvalue weighted by Crippen LogP contribution is 2.42. The fraction of sp³-hybridized carbons (Fsp3) is 0.588. The van der Waals surface area contributed by atoms with E-state index >= 15 is 9.59 Å². The summed E-state index contributed by atoms with van der Waals surface area (Å²) >= 11 is 4.23. The number of allylic oxidation sites excluding steroid dienone is 2. The second kappa shape index (κ2) is 35.0. The van der Waals surface area contributed by atoms with Crippen LogP contribution in [-0.2, 0) is 42.8 Å². The smallest absolute Gasteiger partial charge is 0.309 e. The highest BCUT2D eigenvalue weighted by molar-refractivity contribution is 8.15. The van der Waals surface area contributed by atoms with E-state index in [1.54, 1.807) is 20.6 Å². The van der Waals surface area contributed by atoms with Crippen molar-refractivity contribution in [2.75, 3.05) is 26.2 Å². The molecule has 16 heteroatoms. The first-order valence-corrected chi connectivity index (χ1v) is 34.4. The monoisotopic (exact) mass is 1220 g/mol. The van der Waals surface area contributed by atoms with Gasteiger partial charge in [-0.2, -0.15) is 0 Å². The van der Waals surface area contributed by atoms with Gasteiger partial charge in [-0.3, -0.25) is 28.8 Å². The van der Waals surface area contributed by atoms with Crippen molar-refractivity contribution in [2.45, 2.75) is 242 Å². The number of rotatable bonds is 36. The molecule has 0 saturated heterocycles. The highest BCUT2D eigenvalue weighted by Gasteiger charge is 2.41. The third-order valence-corrected chi connectivity index (χ3v) is 19.8. The summed E-state index contributed by atoms with van der Waals surface area (Å²) in [6, 6.07) is 16.4. The second-order valence-electron chi connectivity index (χ2n) is 24.9. The molecule has 5 rings (SSSR count). The molecule has 84 heavy (non-hydrogen) atoms. The number of thioether (sulfide) groups is 2. The Morgan fingerprint density at radius 1 is 0.488 bits per heavy atom. The van der Waals surface area contributed by atoms with Gasteiger partial charge in [-0.1, -0.05) is 233 Å². The van der Waals surface area contributed by atoms with Gasteiger partial charge in [0.05, 0.1) is 37.3 Å². The van der Waals surface area contributed by atoms with E-state index in [2.05, 4.69) is 89.6 Å². The zero-order valence-electron chi connectivity index (χ0n) is 52.1. The van der Waals surface area contributed by atoms with Crippen molar-refractivity contribution < 1.29 is 39.0 Å². The Morgan fingerprint density at radius 3 is 1.07 bits per heavy atom. The number of nitrogens with zero attached hydrogens (tertiary/aromatic N) is 4. The molecule has 1 aliphatic carbocycles. The number of amides is 2. The number of carbonyl (C=O) groups is 6. The summed E-state index contributed by atoms with van der Waals surface area (Å²) in [4.78, 5) is 98.1. The quantitative estimate of drug-likeness (QED) is 0.0251. The zero-order valence-corrected chi connectivity index (χ0v) is 55.3. The number of unbranched alkanes of at least 4 members (excludes halogenated alkanes) is 18. The highest BCUT2D eigenvalue weighted by atomic mass is 32.2. The van der Waals surface area contributed by atoms with Gasteiger partial charge in [-0.25, -0.2) is 9.97 Å². The largest absolute Gasteiger partial charge is 0.481 e. The SMILES string of the molecule is CCCCCCCCCCCCN(CC1=C(C(C)c2ccc(C(C)(C)C)cc2)C(=O)C(CN(CCCCCCCCCCCC)C(=O)Sc2nc(CC(=O)O)cs2)=C(C(C)c2ccc(C(C)(C)C)cc2)C1=O)C(=O)Sc1nc(CC(=O)O)cs1. The number of benzene rings is 2. The van der Waals surface area contributed by atoms with Gasteiger partial charge in [0.25, 0.3) is 10.5 Å². The number of aromatic nitrogens is 2. The third-order valence-electron chi connectivity index (χ3n) is 16.0. The van der Waals surface area contributed by atoms with Crippen LogP contribution in [0.2, 0.25) is 0 Å². The first-order chi connectivity index (χ1) is 40.0. The number of hydrogen-bond acceptors (Lipinski definition) is 12. The van der Waals surface area contributed by atoms with Crippen LogP contribution in [0.3, 0.4) is 0 Å². The van der Waals surface area contributed by atoms with Crippen LogP contribution in [0, 0.1) is 0 Å². The lowest BCUT2D eigenvalue weighted by molar-refractivity contribution is -0.137. The summed E-state index contributed by atoms with van der Waals surface area (Å²) in [5, 5.41) is 21.7. The molecule has 0 fully saturated rings. The van der Waals surface area contributed by atoms with E-state index in [-0.39, 0.29) is 70.0 Å². The fourth-order valence-electron chi connectivity index (χ4n) is 10.8. The number of carboxylic acid groups (broad SMARTS) is 2. The van der Waals surface area contributed by atoms with Crippen LogP contribution in [0.1, 0.15) is 243 Å². The molecule has 2 unspecified atom stereocenters. The molecule has 0 saturated carbocycles. The summed E-state index contributed by atoms with van der Waals surface area (Å²) < 4.78 is 0.793. The Hall–Kier alpha value is -4.90. The molecular formula is C68H96N4O8S4. The van der Waals surface area contributed by atoms with Crippen molar-refractivity contribution in [1.82, 2.24) is 19.8 Å². The fourth-order valence-corrected chi connectivity index (χ4v) is 14.2. The van der Waals surface area contributed by atoms with Gasteiger partial charge in [-0.15, -0.1) is 22.7 Å². The minimum atomic E-state index is -1.02. The zero-order chi connectivity index (χ0) is 61.4. The van der Waals surface area contributed by atoms with Gasteiger partial charge in [0.1, 0.15) is 0 Å². The number of Topliss-reactive ketones (excluding diaryl/α,β-unsaturated/α-hetero) is 2. The Balaban J connectivity index is 1.64. The molecule has 2 heterocycles. The molecule has 0 radical (unpaired) electrons. The summed E-state index contributed by atoms with van der Waals surface area (Å²) in [6.45, 7) is 21.6. The van der Waals surface area contributed by atoms with E-state index in [0.29, 0.717) is 57.1 Å². The third kappa shape index (κ3) is 22.4. The average molecular weight is 1230 g/mol. The van der Waals surface area contributed by atoms with Gasteiger partial charge < -0.3 is 20.0 Å². The van der Waals surface area contributed by atoms with Gasteiger partial charge in [0.15, 0.2) is 20.2 Å². The predicted molar refractivity (Wildman–Crippen MR) is 347 cm³/mol. The normalized spacial score (nSPS) is 13.9. The molecule has 0 spiro atoms. The summed E-state index contributed by atoms with van der Waals surface area (Å²) in [7, 11) is 0. The number of carbonyl (C=O) groups excluding carboxylic acids is 4. The summed E-state index contributed by atoms with van der Waals surface area (Å²) in [6.07, 6.45) is 21.3. The lowest BCUT2D eigenvalue weighted by Gasteiger charge is -2.34. The summed E-state index contributed by atoms with van der Waals surface area (Å²) in [5.41, 5.74) is 5.37. The van der Waals surface area contributed by atoms with Gasteiger partial charge in [0.2, 0.25) is 0 Å². The standard InChI is InChI=1S/C68H96N4O8S4/c1-11-13-15-17-19-21-23-25-27-29-39-71(65(79)83-63-69-53(45-81-63)41-57(73)74)43-55-59(47(3)49-31-35-51(36-32-49)67(5,6)7)62(78)56(60(61(55)77)48(4)50-33-37-52(38-34-50)68(8,9)10)44-72(40-30-28-26-24-22-20-18-16-14-12-2)66(80)84-64-70-54(46-82-64)42-58(75)76/h31-38,45-48H,11-30,39-44H2,1-10H3,(H,73,74)(H,75,76). The molecule has 2 aromatic heterocycles. The number of hydrogen-bond donors (Lipinski definition) is 2. The minimum absolute atomic E-state index is 0.146. The van der Waals surface area contributed by atoms with E-state index in [0.717, 1.165) is 97.1 Å². The van der Waals surface area contributed by atoms with Crippen LogP contribution in [0.15, 0.2) is 90.3 Å². The van der Waals surface area contributed by atoms with Gasteiger partial charge >= 0.3 is 11.9 Å². The maximum Gasteiger partial charge on any atom is 0.309 e. The maximum absolute atomic E-state index is 16.4. The average Bonchev–Trinajstić information content (AvgIpc) is 2.92. The maximum atomic E-state index is 16.4. The molecule has 1 aliphatic rings. The molecule has 2 aromatic carbocycles. The van der Waals surface area contributed by atoms with Crippen LogP contribution in [0.4, 0.5) is 9.59 Å². The van der Waals surface area contributed by atoms with E-state index in [4.69, 9.17) is 0 Å². The first-order valence-electron chi connectivity index (χ1n) is 31.0. The van der Waals surface area contributed by atoms with Crippen molar-refractivity contribution >= 4 is 80.2 Å². The lowest BCUT2D eigenvalue weighted by Crippen LogP contribution is -2.40. The molecule has 2 N–H and O–H groups in total. The molecule has 460 valence electrons. The van der Waals surface area contributed by atoms with Crippen LogP contribution >= 0.6 is 46.2 Å². The van der Waals surface area contributed by atoms with E-state index in [1.807, 2.05) is 38.1 Å². The van der Waals surface area contributed by atoms with Crippen LogP contribution in [0.25, 0.3) is 0 Å². The molecule has 2 amide bonds. The van der Waals surface area contributed by atoms with Gasteiger partial charge in [0, 0.05) is 81.5 Å². The predicted octanol–water partition coefficient (Wildman–Crippen LogP) is 18.4. The minimum Gasteiger partial charge on any atom is -0.481 e. The topological polar surface area (TPSA) is 175 Å². The number of aliphatic carboxylic acids is 2. The molecule has 0 bridgehead atoms. The van der Waals surface area contributed by atoms with Crippen molar-refractivity contribution in [2.24, 2.45) is 0 Å². The van der Waals surface area contributed by atoms with Crippen molar-refractivity contribution in [3.63, 3.8) is 0 Å². The Labute approximate surface area is 519 Å². The molecule has 12 nitrogen and oxygen atoms in total. The number of ketones is 2. The molecule has 4 aromatic rings. The summed E-state index contributed by atoms with van der Waals surface area (Å²) in [5.74, 6) is -3.94. The Kier molecular flexibility index (Phi) is 29.1. The van der Waals surface area contributed by atoms with Crippen molar-refractivity contribution in [3.05, 3.63) is 115 Å². The molecular weight excluding hydrogens is 1130 g/mol.